The highest BCUT2D eigenvalue weighted by atomic mass is 15.1. The zero-order chi connectivity index (χ0) is 9.94. The average molecular weight is 169 g/mol. The lowest BCUT2D eigenvalue weighted by atomic mass is 9.85. The van der Waals surface area contributed by atoms with E-state index in [0.717, 1.165) is 0 Å². The van der Waals surface area contributed by atoms with Crippen molar-refractivity contribution < 1.29 is 0 Å². The molecule has 0 rings (SSSR count). The first-order valence-corrected chi connectivity index (χ1v) is 4.56. The number of hydrogen-bond donors (Lipinski definition) is 0. The molecule has 0 aliphatic heterocycles. The standard InChI is InChI=1S/C11H23N/c1-9(2)8-10(12(6)7)11(3,4)5/h8,10H,1-7H3. The van der Waals surface area contributed by atoms with Gasteiger partial charge in [-0.25, -0.2) is 0 Å². The van der Waals surface area contributed by atoms with Crippen LogP contribution in [0.4, 0.5) is 0 Å². The van der Waals surface area contributed by atoms with E-state index in [2.05, 4.69) is 59.7 Å². The summed E-state index contributed by atoms with van der Waals surface area (Å²) in [5.41, 5.74) is 1.71. The Morgan fingerprint density at radius 1 is 1.17 bits per heavy atom. The Balaban J connectivity index is 4.58. The normalized spacial score (nSPS) is 14.7. The highest BCUT2D eigenvalue weighted by Crippen LogP contribution is 2.24. The van der Waals surface area contributed by atoms with Crippen LogP contribution >= 0.6 is 0 Å². The van der Waals surface area contributed by atoms with Crippen LogP contribution in [-0.4, -0.2) is 25.0 Å². The van der Waals surface area contributed by atoms with Crippen LogP contribution in [0.2, 0.25) is 0 Å². The topological polar surface area (TPSA) is 3.24 Å². The minimum Gasteiger partial charge on any atom is -0.302 e. The van der Waals surface area contributed by atoms with Crippen molar-refractivity contribution >= 4 is 0 Å². The van der Waals surface area contributed by atoms with E-state index in [1.807, 2.05) is 0 Å². The van der Waals surface area contributed by atoms with Crippen molar-refractivity contribution in [2.24, 2.45) is 5.41 Å². The van der Waals surface area contributed by atoms with E-state index in [1.54, 1.807) is 0 Å². The quantitative estimate of drug-likeness (QED) is 0.574. The first kappa shape index (κ1) is 11.7. The summed E-state index contributed by atoms with van der Waals surface area (Å²) < 4.78 is 0. The van der Waals surface area contributed by atoms with Crippen molar-refractivity contribution in [2.75, 3.05) is 14.1 Å². The Morgan fingerprint density at radius 3 is 1.67 bits per heavy atom. The van der Waals surface area contributed by atoms with Gasteiger partial charge in [0.1, 0.15) is 0 Å². The maximum atomic E-state index is 2.33. The molecule has 1 unspecified atom stereocenters. The van der Waals surface area contributed by atoms with E-state index in [1.165, 1.54) is 5.57 Å². The molecule has 0 bridgehead atoms. The summed E-state index contributed by atoms with van der Waals surface area (Å²) in [5.74, 6) is 0. The number of hydrogen-bond acceptors (Lipinski definition) is 1. The minimum absolute atomic E-state index is 0.320. The summed E-state index contributed by atoms with van der Waals surface area (Å²) in [6, 6.07) is 0.530. The molecule has 0 aliphatic carbocycles. The molecule has 1 heteroatoms. The highest BCUT2D eigenvalue weighted by molar-refractivity contribution is 5.05. The maximum Gasteiger partial charge on any atom is 0.0323 e. The minimum atomic E-state index is 0.320. The van der Waals surface area contributed by atoms with Crippen LogP contribution in [-0.2, 0) is 0 Å². The van der Waals surface area contributed by atoms with E-state index in [9.17, 15) is 0 Å². The number of likely N-dealkylation sites (N-methyl/N-ethyl adjacent to an activating group) is 1. The summed E-state index contributed by atoms with van der Waals surface area (Å²) >= 11 is 0. The first-order valence-electron chi connectivity index (χ1n) is 4.56. The second kappa shape index (κ2) is 4.08. The summed E-state index contributed by atoms with van der Waals surface area (Å²) in [5, 5.41) is 0. The third-order valence-corrected chi connectivity index (χ3v) is 1.93. The van der Waals surface area contributed by atoms with Gasteiger partial charge in [-0.15, -0.1) is 0 Å². The van der Waals surface area contributed by atoms with Gasteiger partial charge in [-0.2, -0.15) is 0 Å². The first-order chi connectivity index (χ1) is 5.25. The fraction of sp³-hybridized carbons (Fsp3) is 0.818. The van der Waals surface area contributed by atoms with Crippen molar-refractivity contribution in [3.8, 4) is 0 Å². The SMILES string of the molecule is CC(C)=CC(N(C)C)C(C)(C)C. The van der Waals surface area contributed by atoms with Crippen LogP contribution in [0.5, 0.6) is 0 Å². The predicted molar refractivity (Wildman–Crippen MR) is 56.4 cm³/mol. The summed E-state index contributed by atoms with van der Waals surface area (Å²) in [6.45, 7) is 11.1. The van der Waals surface area contributed by atoms with Crippen LogP contribution in [0.3, 0.4) is 0 Å². The predicted octanol–water partition coefficient (Wildman–Crippen LogP) is 2.93. The Bertz CT molecular complexity index is 156. The largest absolute Gasteiger partial charge is 0.302 e. The van der Waals surface area contributed by atoms with Gasteiger partial charge in [0.25, 0.3) is 0 Å². The van der Waals surface area contributed by atoms with Crippen molar-refractivity contribution in [3.05, 3.63) is 11.6 Å². The van der Waals surface area contributed by atoms with Gasteiger partial charge >= 0.3 is 0 Å². The van der Waals surface area contributed by atoms with Gasteiger partial charge in [0.05, 0.1) is 0 Å². The molecule has 0 aromatic heterocycles. The smallest absolute Gasteiger partial charge is 0.0323 e. The zero-order valence-electron chi connectivity index (χ0n) is 9.60. The maximum absolute atomic E-state index is 2.33. The molecule has 0 aliphatic rings. The fourth-order valence-electron chi connectivity index (χ4n) is 1.49. The third kappa shape index (κ3) is 3.91. The summed E-state index contributed by atoms with van der Waals surface area (Å²) in [4.78, 5) is 2.27. The molecule has 0 amide bonds. The average Bonchev–Trinajstić information content (AvgIpc) is 1.79. The molecule has 0 heterocycles. The van der Waals surface area contributed by atoms with E-state index in [-0.39, 0.29) is 0 Å². The molecule has 1 atom stereocenters. The Hall–Kier alpha value is -0.300. The molecule has 0 saturated heterocycles. The van der Waals surface area contributed by atoms with Gasteiger partial charge in [0, 0.05) is 6.04 Å². The van der Waals surface area contributed by atoms with Crippen molar-refractivity contribution in [3.63, 3.8) is 0 Å². The van der Waals surface area contributed by atoms with Crippen LogP contribution in [0, 0.1) is 5.41 Å². The van der Waals surface area contributed by atoms with E-state index in [0.29, 0.717) is 11.5 Å². The molecular weight excluding hydrogens is 146 g/mol. The third-order valence-electron chi connectivity index (χ3n) is 1.93. The van der Waals surface area contributed by atoms with Crippen LogP contribution < -0.4 is 0 Å². The summed E-state index contributed by atoms with van der Waals surface area (Å²) in [6.07, 6.45) is 2.33. The van der Waals surface area contributed by atoms with Crippen molar-refractivity contribution in [1.82, 2.24) is 4.90 Å². The lowest BCUT2D eigenvalue weighted by molar-refractivity contribution is 0.194. The number of allylic oxidation sites excluding steroid dienone is 1. The number of nitrogens with zero attached hydrogens (tertiary/aromatic N) is 1. The molecular formula is C11H23N. The molecule has 0 fully saturated rings. The molecule has 0 saturated carbocycles. The molecule has 12 heavy (non-hydrogen) atoms. The molecule has 1 nitrogen and oxygen atoms in total. The van der Waals surface area contributed by atoms with Crippen LogP contribution in [0.1, 0.15) is 34.6 Å². The monoisotopic (exact) mass is 169 g/mol. The zero-order valence-corrected chi connectivity index (χ0v) is 9.60. The Morgan fingerprint density at radius 2 is 1.58 bits per heavy atom. The van der Waals surface area contributed by atoms with Crippen molar-refractivity contribution in [2.45, 2.75) is 40.7 Å². The Kier molecular flexibility index (Phi) is 3.98. The van der Waals surface area contributed by atoms with Gasteiger partial charge in [0.15, 0.2) is 0 Å². The Labute approximate surface area is 77.5 Å². The molecule has 0 N–H and O–H groups in total. The summed E-state index contributed by atoms with van der Waals surface area (Å²) in [7, 11) is 4.27. The van der Waals surface area contributed by atoms with E-state index < -0.39 is 0 Å². The molecule has 0 radical (unpaired) electrons. The lowest BCUT2D eigenvalue weighted by Gasteiger charge is -2.34. The second-order valence-corrected chi connectivity index (χ2v) is 5.02. The van der Waals surface area contributed by atoms with Gasteiger partial charge < -0.3 is 4.90 Å². The second-order valence-electron chi connectivity index (χ2n) is 5.02. The van der Waals surface area contributed by atoms with E-state index in [4.69, 9.17) is 0 Å². The van der Waals surface area contributed by atoms with Gasteiger partial charge in [0.2, 0.25) is 0 Å². The van der Waals surface area contributed by atoms with Crippen molar-refractivity contribution in [1.29, 1.82) is 0 Å². The molecule has 0 aromatic carbocycles. The molecule has 72 valence electrons. The molecule has 0 spiro atoms. The van der Waals surface area contributed by atoms with Crippen LogP contribution in [0.25, 0.3) is 0 Å². The van der Waals surface area contributed by atoms with E-state index >= 15 is 0 Å². The number of rotatable bonds is 2. The van der Waals surface area contributed by atoms with Gasteiger partial charge in [-0.3, -0.25) is 0 Å². The van der Waals surface area contributed by atoms with Gasteiger partial charge in [-0.1, -0.05) is 32.4 Å². The lowest BCUT2D eigenvalue weighted by Crippen LogP contribution is -2.37. The van der Waals surface area contributed by atoms with Gasteiger partial charge in [-0.05, 0) is 33.4 Å². The fourth-order valence-corrected chi connectivity index (χ4v) is 1.49. The molecule has 0 aromatic rings. The highest BCUT2D eigenvalue weighted by Gasteiger charge is 2.23. The van der Waals surface area contributed by atoms with Crippen LogP contribution in [0.15, 0.2) is 11.6 Å².